The smallest absolute Gasteiger partial charge is 0.255 e. The number of hydrogen-bond acceptors (Lipinski definition) is 3. The Morgan fingerprint density at radius 1 is 0.963 bits per heavy atom. The van der Waals surface area contributed by atoms with Crippen LogP contribution in [0.4, 0.5) is 11.4 Å². The number of carbonyl (C=O) groups is 2. The van der Waals surface area contributed by atoms with E-state index in [0.29, 0.717) is 12.0 Å². The number of nitrogens with one attached hydrogen (secondary N) is 1. The summed E-state index contributed by atoms with van der Waals surface area (Å²) in [7, 11) is 0. The number of rotatable bonds is 4. The molecule has 3 aromatic rings. The second kappa shape index (κ2) is 7.45. The molecule has 2 heterocycles. The fourth-order valence-corrected chi connectivity index (χ4v) is 3.20. The molecule has 1 aromatic heterocycles. The van der Waals surface area contributed by atoms with Gasteiger partial charge in [-0.15, -0.1) is 0 Å². The number of nitrogens with zero attached hydrogens (tertiary/aromatic N) is 3. The predicted octanol–water partition coefficient (Wildman–Crippen LogP) is 3.64. The molecule has 27 heavy (non-hydrogen) atoms. The number of piperidine rings is 1. The third-order valence-electron chi connectivity index (χ3n) is 4.69. The number of imidazole rings is 1. The van der Waals surface area contributed by atoms with E-state index >= 15 is 0 Å². The van der Waals surface area contributed by atoms with Gasteiger partial charge in [0, 0.05) is 48.0 Å². The molecule has 1 aliphatic rings. The Bertz CT molecular complexity index is 931. The SMILES string of the molecule is O=C(Nc1ccc(-n2ccnc2)cc1)c1ccc(N2CCCCC2=O)cc1. The van der Waals surface area contributed by atoms with E-state index in [1.54, 1.807) is 29.6 Å². The average molecular weight is 360 g/mol. The summed E-state index contributed by atoms with van der Waals surface area (Å²) < 4.78 is 1.90. The molecule has 0 aliphatic carbocycles. The third-order valence-corrected chi connectivity index (χ3v) is 4.69. The summed E-state index contributed by atoms with van der Waals surface area (Å²) in [5, 5.41) is 2.89. The fourth-order valence-electron chi connectivity index (χ4n) is 3.20. The Balaban J connectivity index is 1.43. The Morgan fingerprint density at radius 3 is 2.37 bits per heavy atom. The Hall–Kier alpha value is -3.41. The molecule has 1 N–H and O–H groups in total. The van der Waals surface area contributed by atoms with Crippen LogP contribution in [-0.2, 0) is 4.79 Å². The molecule has 0 atom stereocenters. The van der Waals surface area contributed by atoms with Crippen molar-refractivity contribution in [3.63, 3.8) is 0 Å². The van der Waals surface area contributed by atoms with E-state index in [1.807, 2.05) is 47.2 Å². The number of aromatic nitrogens is 2. The van der Waals surface area contributed by atoms with Crippen molar-refractivity contribution in [2.75, 3.05) is 16.8 Å². The van der Waals surface area contributed by atoms with E-state index in [4.69, 9.17) is 0 Å². The molecule has 1 aliphatic heterocycles. The molecule has 2 amide bonds. The lowest BCUT2D eigenvalue weighted by molar-refractivity contribution is -0.119. The summed E-state index contributed by atoms with van der Waals surface area (Å²) >= 11 is 0. The minimum absolute atomic E-state index is 0.149. The van der Waals surface area contributed by atoms with Crippen molar-refractivity contribution in [2.45, 2.75) is 19.3 Å². The molecule has 6 heteroatoms. The van der Waals surface area contributed by atoms with Gasteiger partial charge in [-0.25, -0.2) is 4.98 Å². The second-order valence-electron chi connectivity index (χ2n) is 6.52. The molecule has 136 valence electrons. The Kier molecular flexibility index (Phi) is 4.70. The zero-order valence-electron chi connectivity index (χ0n) is 14.8. The van der Waals surface area contributed by atoms with Crippen LogP contribution in [-0.4, -0.2) is 27.9 Å². The van der Waals surface area contributed by atoms with Crippen LogP contribution in [0.3, 0.4) is 0 Å². The summed E-state index contributed by atoms with van der Waals surface area (Å²) in [6.07, 6.45) is 7.87. The van der Waals surface area contributed by atoms with E-state index in [0.717, 1.165) is 36.4 Å². The molecule has 6 nitrogen and oxygen atoms in total. The zero-order chi connectivity index (χ0) is 18.6. The maximum absolute atomic E-state index is 12.5. The van der Waals surface area contributed by atoms with Gasteiger partial charge < -0.3 is 14.8 Å². The number of anilines is 2. The van der Waals surface area contributed by atoms with Crippen molar-refractivity contribution in [3.8, 4) is 5.69 Å². The first-order valence-corrected chi connectivity index (χ1v) is 9.01. The molecule has 1 fully saturated rings. The first kappa shape index (κ1) is 17.0. The lowest BCUT2D eigenvalue weighted by Crippen LogP contribution is -2.35. The first-order valence-electron chi connectivity index (χ1n) is 9.01. The molecule has 1 saturated heterocycles. The maximum atomic E-state index is 12.5. The average Bonchev–Trinajstić information content (AvgIpc) is 3.24. The molecular formula is C21H20N4O2. The van der Waals surface area contributed by atoms with Crippen molar-refractivity contribution < 1.29 is 9.59 Å². The molecule has 2 aromatic carbocycles. The highest BCUT2D eigenvalue weighted by Gasteiger charge is 2.19. The predicted molar refractivity (Wildman–Crippen MR) is 104 cm³/mol. The minimum Gasteiger partial charge on any atom is -0.322 e. The van der Waals surface area contributed by atoms with Crippen LogP contribution in [0.25, 0.3) is 5.69 Å². The molecule has 0 bridgehead atoms. The Labute approximate surface area is 157 Å². The molecule has 0 radical (unpaired) electrons. The zero-order valence-corrected chi connectivity index (χ0v) is 14.8. The summed E-state index contributed by atoms with van der Waals surface area (Å²) in [6.45, 7) is 0.744. The number of benzene rings is 2. The summed E-state index contributed by atoms with van der Waals surface area (Å²) in [6, 6.07) is 14.7. The standard InChI is InChI=1S/C21H20N4O2/c26-20-3-1-2-13-25(20)19-8-4-16(5-9-19)21(27)23-17-6-10-18(11-7-17)24-14-12-22-15-24/h4-12,14-15H,1-3,13H2,(H,23,27). The summed E-state index contributed by atoms with van der Waals surface area (Å²) in [5.74, 6) is -0.0293. The quantitative estimate of drug-likeness (QED) is 0.772. The summed E-state index contributed by atoms with van der Waals surface area (Å²) in [5.41, 5.74) is 3.10. The highest BCUT2D eigenvalue weighted by atomic mass is 16.2. The fraction of sp³-hybridized carbons (Fsp3) is 0.190. The van der Waals surface area contributed by atoms with Gasteiger partial charge >= 0.3 is 0 Å². The van der Waals surface area contributed by atoms with E-state index in [2.05, 4.69) is 10.3 Å². The molecule has 0 unspecified atom stereocenters. The highest BCUT2D eigenvalue weighted by molar-refractivity contribution is 6.04. The van der Waals surface area contributed by atoms with Gasteiger partial charge in [0.1, 0.15) is 0 Å². The van der Waals surface area contributed by atoms with Crippen molar-refractivity contribution in [2.24, 2.45) is 0 Å². The van der Waals surface area contributed by atoms with E-state index in [1.165, 1.54) is 0 Å². The van der Waals surface area contributed by atoms with Crippen LogP contribution < -0.4 is 10.2 Å². The van der Waals surface area contributed by atoms with Crippen LogP contribution in [0.5, 0.6) is 0 Å². The topological polar surface area (TPSA) is 67.2 Å². The second-order valence-corrected chi connectivity index (χ2v) is 6.52. The number of hydrogen-bond donors (Lipinski definition) is 1. The normalized spacial score (nSPS) is 14.2. The third kappa shape index (κ3) is 3.74. The van der Waals surface area contributed by atoms with Gasteiger partial charge in [0.2, 0.25) is 5.91 Å². The van der Waals surface area contributed by atoms with E-state index in [9.17, 15) is 9.59 Å². The van der Waals surface area contributed by atoms with Crippen LogP contribution in [0, 0.1) is 0 Å². The summed E-state index contributed by atoms with van der Waals surface area (Å²) in [4.78, 5) is 30.3. The van der Waals surface area contributed by atoms with Gasteiger partial charge in [-0.2, -0.15) is 0 Å². The monoisotopic (exact) mass is 360 g/mol. The van der Waals surface area contributed by atoms with Gasteiger partial charge in [-0.1, -0.05) is 0 Å². The van der Waals surface area contributed by atoms with Gasteiger partial charge in [0.05, 0.1) is 6.33 Å². The van der Waals surface area contributed by atoms with Gasteiger partial charge in [0.25, 0.3) is 5.91 Å². The Morgan fingerprint density at radius 2 is 1.70 bits per heavy atom. The molecular weight excluding hydrogens is 340 g/mol. The lowest BCUT2D eigenvalue weighted by Gasteiger charge is -2.26. The molecule has 0 spiro atoms. The van der Waals surface area contributed by atoms with Crippen LogP contribution in [0.2, 0.25) is 0 Å². The molecule has 4 rings (SSSR count). The maximum Gasteiger partial charge on any atom is 0.255 e. The highest BCUT2D eigenvalue weighted by Crippen LogP contribution is 2.22. The van der Waals surface area contributed by atoms with Gasteiger partial charge in [-0.05, 0) is 61.4 Å². The van der Waals surface area contributed by atoms with Crippen molar-refractivity contribution in [1.82, 2.24) is 9.55 Å². The largest absolute Gasteiger partial charge is 0.322 e. The number of carbonyl (C=O) groups excluding carboxylic acids is 2. The van der Waals surface area contributed by atoms with Gasteiger partial charge in [-0.3, -0.25) is 9.59 Å². The van der Waals surface area contributed by atoms with Crippen molar-refractivity contribution >= 4 is 23.2 Å². The molecule has 0 saturated carbocycles. The van der Waals surface area contributed by atoms with Crippen LogP contribution in [0.15, 0.2) is 67.3 Å². The van der Waals surface area contributed by atoms with Gasteiger partial charge in [0.15, 0.2) is 0 Å². The van der Waals surface area contributed by atoms with Crippen LogP contribution in [0.1, 0.15) is 29.6 Å². The van der Waals surface area contributed by atoms with Crippen molar-refractivity contribution in [3.05, 3.63) is 72.8 Å². The minimum atomic E-state index is -0.179. The number of amides is 2. The lowest BCUT2D eigenvalue weighted by atomic mass is 10.1. The van der Waals surface area contributed by atoms with Crippen molar-refractivity contribution in [1.29, 1.82) is 0 Å². The van der Waals surface area contributed by atoms with E-state index < -0.39 is 0 Å². The van der Waals surface area contributed by atoms with Crippen LogP contribution >= 0.6 is 0 Å². The van der Waals surface area contributed by atoms with E-state index in [-0.39, 0.29) is 11.8 Å². The first-order chi connectivity index (χ1) is 13.2.